The van der Waals surface area contributed by atoms with Crippen LogP contribution in [0.2, 0.25) is 0 Å². The molecule has 0 bridgehead atoms. The Labute approximate surface area is 119 Å². The fourth-order valence-electron chi connectivity index (χ4n) is 1.54. The van der Waals surface area contributed by atoms with Gasteiger partial charge in [-0.1, -0.05) is 12.2 Å². The molecule has 0 aliphatic heterocycles. The van der Waals surface area contributed by atoms with Crippen LogP contribution in [-0.2, 0) is 6.18 Å². The molecule has 0 aliphatic rings. The van der Waals surface area contributed by atoms with Crippen LogP contribution in [0.15, 0.2) is 48.5 Å². The molecule has 0 unspecified atom stereocenters. The zero-order valence-electron chi connectivity index (χ0n) is 10.1. The first-order valence-electron chi connectivity index (χ1n) is 5.61. The summed E-state index contributed by atoms with van der Waals surface area (Å²) in [7, 11) is 0. The first-order chi connectivity index (χ1) is 9.36. The number of ether oxygens (including phenoxy) is 1. The van der Waals surface area contributed by atoms with Gasteiger partial charge in [0.05, 0.1) is 5.56 Å². The maximum Gasteiger partial charge on any atom is 0.416 e. The van der Waals surface area contributed by atoms with Crippen LogP contribution in [0, 0.1) is 0 Å². The molecule has 0 aliphatic carbocycles. The fourth-order valence-corrected chi connectivity index (χ4v) is 1.67. The standard InChI is InChI=1S/C14H10F3NOS/c15-14(16,17)10-3-7-12(8-4-10)19-11-5-1-9(2-6-11)13(18)20/h1-8H,(H2,18,20). The molecule has 0 spiro atoms. The van der Waals surface area contributed by atoms with Crippen molar-refractivity contribution < 1.29 is 17.9 Å². The van der Waals surface area contributed by atoms with E-state index in [1.807, 2.05) is 0 Å². The molecule has 104 valence electrons. The van der Waals surface area contributed by atoms with Crippen LogP contribution < -0.4 is 10.5 Å². The van der Waals surface area contributed by atoms with Crippen LogP contribution >= 0.6 is 12.2 Å². The highest BCUT2D eigenvalue weighted by molar-refractivity contribution is 7.80. The summed E-state index contributed by atoms with van der Waals surface area (Å²) in [6.45, 7) is 0. The summed E-state index contributed by atoms with van der Waals surface area (Å²) in [5.41, 5.74) is 5.44. The van der Waals surface area contributed by atoms with Gasteiger partial charge in [0.25, 0.3) is 0 Å². The van der Waals surface area contributed by atoms with E-state index in [0.29, 0.717) is 17.1 Å². The monoisotopic (exact) mass is 297 g/mol. The van der Waals surface area contributed by atoms with Gasteiger partial charge < -0.3 is 10.5 Å². The maximum absolute atomic E-state index is 12.4. The molecular weight excluding hydrogens is 287 g/mol. The van der Waals surface area contributed by atoms with Crippen molar-refractivity contribution in [3.8, 4) is 11.5 Å². The van der Waals surface area contributed by atoms with Gasteiger partial charge in [-0.25, -0.2) is 0 Å². The van der Waals surface area contributed by atoms with E-state index in [0.717, 1.165) is 12.1 Å². The minimum atomic E-state index is -4.35. The Balaban J connectivity index is 2.12. The Hall–Kier alpha value is -2.08. The zero-order chi connectivity index (χ0) is 14.8. The van der Waals surface area contributed by atoms with Crippen molar-refractivity contribution in [1.82, 2.24) is 0 Å². The molecule has 2 N–H and O–H groups in total. The second-order valence-electron chi connectivity index (χ2n) is 4.01. The highest BCUT2D eigenvalue weighted by Crippen LogP contribution is 2.31. The lowest BCUT2D eigenvalue weighted by atomic mass is 10.2. The maximum atomic E-state index is 12.4. The molecule has 0 atom stereocenters. The molecule has 2 nitrogen and oxygen atoms in total. The number of alkyl halides is 3. The number of halogens is 3. The average molecular weight is 297 g/mol. The second-order valence-corrected chi connectivity index (χ2v) is 4.45. The van der Waals surface area contributed by atoms with Gasteiger partial charge in [-0.2, -0.15) is 13.2 Å². The first-order valence-corrected chi connectivity index (χ1v) is 6.02. The van der Waals surface area contributed by atoms with Crippen LogP contribution in [0.3, 0.4) is 0 Å². The van der Waals surface area contributed by atoms with E-state index in [4.69, 9.17) is 22.7 Å². The molecule has 0 fully saturated rings. The number of nitrogens with two attached hydrogens (primary N) is 1. The molecule has 0 saturated carbocycles. The highest BCUT2D eigenvalue weighted by Gasteiger charge is 2.30. The molecule has 2 aromatic rings. The number of rotatable bonds is 3. The third kappa shape index (κ3) is 3.48. The lowest BCUT2D eigenvalue weighted by Gasteiger charge is -2.09. The quantitative estimate of drug-likeness (QED) is 0.865. The van der Waals surface area contributed by atoms with Crippen LogP contribution in [0.1, 0.15) is 11.1 Å². The molecule has 0 radical (unpaired) electrons. The lowest BCUT2D eigenvalue weighted by molar-refractivity contribution is -0.137. The van der Waals surface area contributed by atoms with Crippen molar-refractivity contribution >= 4 is 17.2 Å². The number of hydrogen-bond donors (Lipinski definition) is 1. The van der Waals surface area contributed by atoms with Gasteiger partial charge in [0.15, 0.2) is 0 Å². The zero-order valence-corrected chi connectivity index (χ0v) is 11.0. The van der Waals surface area contributed by atoms with Gasteiger partial charge in [0.2, 0.25) is 0 Å². The predicted octanol–water partition coefficient (Wildman–Crippen LogP) is 4.13. The van der Waals surface area contributed by atoms with Gasteiger partial charge in [-0.3, -0.25) is 0 Å². The Bertz CT molecular complexity index is 606. The summed E-state index contributed by atoms with van der Waals surface area (Å²) < 4.78 is 42.6. The SMILES string of the molecule is NC(=S)c1ccc(Oc2ccc(C(F)(F)F)cc2)cc1. The van der Waals surface area contributed by atoms with Gasteiger partial charge in [0.1, 0.15) is 16.5 Å². The number of hydrogen-bond acceptors (Lipinski definition) is 2. The third-order valence-corrected chi connectivity index (χ3v) is 2.79. The molecule has 0 aromatic heterocycles. The van der Waals surface area contributed by atoms with Crippen LogP contribution in [-0.4, -0.2) is 4.99 Å². The molecule has 2 aromatic carbocycles. The average Bonchev–Trinajstić information content (AvgIpc) is 2.39. The molecular formula is C14H10F3NOS. The third-order valence-electron chi connectivity index (χ3n) is 2.56. The molecule has 0 heterocycles. The second kappa shape index (κ2) is 5.50. The summed E-state index contributed by atoms with van der Waals surface area (Å²) >= 11 is 4.81. The Morgan fingerprint density at radius 2 is 1.35 bits per heavy atom. The Morgan fingerprint density at radius 3 is 1.75 bits per heavy atom. The van der Waals surface area contributed by atoms with Crippen molar-refractivity contribution in [3.63, 3.8) is 0 Å². The highest BCUT2D eigenvalue weighted by atomic mass is 32.1. The molecule has 20 heavy (non-hydrogen) atoms. The lowest BCUT2D eigenvalue weighted by Crippen LogP contribution is -2.08. The molecule has 2 rings (SSSR count). The van der Waals surface area contributed by atoms with Crippen molar-refractivity contribution in [2.75, 3.05) is 0 Å². The predicted molar refractivity (Wildman–Crippen MR) is 73.8 cm³/mol. The number of thiocarbonyl (C=S) groups is 1. The van der Waals surface area contributed by atoms with E-state index in [2.05, 4.69) is 0 Å². The number of benzene rings is 2. The smallest absolute Gasteiger partial charge is 0.416 e. The van der Waals surface area contributed by atoms with E-state index in [-0.39, 0.29) is 4.99 Å². The summed E-state index contributed by atoms with van der Waals surface area (Å²) in [5.74, 6) is 0.811. The topological polar surface area (TPSA) is 35.2 Å². The van der Waals surface area contributed by atoms with Gasteiger partial charge in [-0.15, -0.1) is 0 Å². The summed E-state index contributed by atoms with van der Waals surface area (Å²) in [4.78, 5) is 0.270. The fraction of sp³-hybridized carbons (Fsp3) is 0.0714. The van der Waals surface area contributed by atoms with Gasteiger partial charge in [0, 0.05) is 5.56 Å². The van der Waals surface area contributed by atoms with Crippen molar-refractivity contribution in [1.29, 1.82) is 0 Å². The largest absolute Gasteiger partial charge is 0.457 e. The van der Waals surface area contributed by atoms with Gasteiger partial charge >= 0.3 is 6.18 Å². The summed E-state index contributed by atoms with van der Waals surface area (Å²) in [6.07, 6.45) is -4.35. The van der Waals surface area contributed by atoms with Crippen molar-refractivity contribution in [2.45, 2.75) is 6.18 Å². The Morgan fingerprint density at radius 1 is 0.900 bits per heavy atom. The van der Waals surface area contributed by atoms with Crippen LogP contribution in [0.4, 0.5) is 13.2 Å². The molecule has 0 amide bonds. The minimum absolute atomic E-state index is 0.270. The van der Waals surface area contributed by atoms with E-state index >= 15 is 0 Å². The Kier molecular flexibility index (Phi) is 3.94. The minimum Gasteiger partial charge on any atom is -0.457 e. The molecule has 6 heteroatoms. The van der Waals surface area contributed by atoms with E-state index in [9.17, 15) is 13.2 Å². The van der Waals surface area contributed by atoms with E-state index < -0.39 is 11.7 Å². The summed E-state index contributed by atoms with van der Waals surface area (Å²) in [6, 6.07) is 11.1. The van der Waals surface area contributed by atoms with Gasteiger partial charge in [-0.05, 0) is 48.5 Å². The summed E-state index contributed by atoms with van der Waals surface area (Å²) in [5, 5.41) is 0. The molecule has 0 saturated heterocycles. The van der Waals surface area contributed by atoms with Crippen LogP contribution in [0.5, 0.6) is 11.5 Å². The van der Waals surface area contributed by atoms with Crippen molar-refractivity contribution in [2.24, 2.45) is 5.73 Å². The van der Waals surface area contributed by atoms with E-state index in [1.165, 1.54) is 12.1 Å². The van der Waals surface area contributed by atoms with E-state index in [1.54, 1.807) is 24.3 Å². The van der Waals surface area contributed by atoms with Crippen LogP contribution in [0.25, 0.3) is 0 Å². The normalized spacial score (nSPS) is 11.2. The van der Waals surface area contributed by atoms with Crippen molar-refractivity contribution in [3.05, 3.63) is 59.7 Å². The first kappa shape index (κ1) is 14.3.